The summed E-state index contributed by atoms with van der Waals surface area (Å²) in [5.74, 6) is 1.25. The molecule has 0 aliphatic carbocycles. The number of benzene rings is 1. The van der Waals surface area contributed by atoms with Gasteiger partial charge in [0.2, 0.25) is 0 Å². The Morgan fingerprint density at radius 2 is 2.26 bits per heavy atom. The van der Waals surface area contributed by atoms with Gasteiger partial charge in [0.1, 0.15) is 5.82 Å². The highest BCUT2D eigenvalue weighted by molar-refractivity contribution is 6.31. The Morgan fingerprint density at radius 1 is 1.42 bits per heavy atom. The maximum absolute atomic E-state index is 13.9. The fourth-order valence-corrected chi connectivity index (χ4v) is 3.96. The molecule has 1 aromatic carbocycles. The number of likely N-dealkylation sites (tertiary alicyclic amines) is 1. The molecular weight excluding hydrogens is 263 g/mol. The van der Waals surface area contributed by atoms with E-state index < -0.39 is 0 Å². The average Bonchev–Trinajstić information content (AvgIpc) is 2.93. The summed E-state index contributed by atoms with van der Waals surface area (Å²) in [4.78, 5) is 2.42. The first-order chi connectivity index (χ1) is 9.20. The molecule has 2 nitrogen and oxygen atoms in total. The smallest absolute Gasteiger partial charge is 0.129 e. The van der Waals surface area contributed by atoms with Gasteiger partial charge in [-0.2, -0.15) is 0 Å². The second kappa shape index (κ2) is 5.39. The zero-order valence-corrected chi connectivity index (χ0v) is 12.0. The molecule has 2 aliphatic rings. The van der Waals surface area contributed by atoms with Crippen LogP contribution in [0.3, 0.4) is 0 Å². The Kier molecular flexibility index (Phi) is 3.79. The summed E-state index contributed by atoms with van der Waals surface area (Å²) in [6.07, 6.45) is 1.12. The highest BCUT2D eigenvalue weighted by Gasteiger charge is 2.43. The van der Waals surface area contributed by atoms with Crippen LogP contribution < -0.4 is 5.32 Å². The molecular formula is C15H20ClFN2. The first-order valence-corrected chi connectivity index (χ1v) is 7.46. The third-order valence-electron chi connectivity index (χ3n) is 4.67. The first kappa shape index (κ1) is 13.3. The average molecular weight is 283 g/mol. The monoisotopic (exact) mass is 282 g/mol. The molecule has 2 fully saturated rings. The number of fused-ring (bicyclic) bond motifs is 1. The van der Waals surface area contributed by atoms with Crippen LogP contribution in [-0.2, 0) is 6.54 Å². The lowest BCUT2D eigenvalue weighted by Gasteiger charge is -2.27. The number of nitrogens with one attached hydrogen (secondary N) is 1. The molecule has 3 atom stereocenters. The molecule has 0 amide bonds. The molecule has 2 aliphatic heterocycles. The van der Waals surface area contributed by atoms with Crippen molar-refractivity contribution in [1.29, 1.82) is 0 Å². The highest BCUT2D eigenvalue weighted by Crippen LogP contribution is 2.36. The van der Waals surface area contributed by atoms with Gasteiger partial charge < -0.3 is 5.32 Å². The standard InChI is InChI=1S/C15H20ClFN2/c1-2-15-11-7-18-6-10(11)8-19(15)9-12-13(16)4-3-5-14(12)17/h3-5,10-11,15,18H,2,6-9H2,1H3. The van der Waals surface area contributed by atoms with Crippen molar-refractivity contribution in [3.8, 4) is 0 Å². The lowest BCUT2D eigenvalue weighted by atomic mass is 9.93. The molecule has 0 aromatic heterocycles. The van der Waals surface area contributed by atoms with E-state index in [1.54, 1.807) is 12.1 Å². The summed E-state index contributed by atoms with van der Waals surface area (Å²) in [7, 11) is 0. The van der Waals surface area contributed by atoms with Crippen LogP contribution in [0.5, 0.6) is 0 Å². The van der Waals surface area contributed by atoms with E-state index >= 15 is 0 Å². The Morgan fingerprint density at radius 3 is 3.00 bits per heavy atom. The van der Waals surface area contributed by atoms with Crippen molar-refractivity contribution in [1.82, 2.24) is 10.2 Å². The number of hydrogen-bond acceptors (Lipinski definition) is 2. The van der Waals surface area contributed by atoms with E-state index in [0.717, 1.165) is 37.9 Å². The second-order valence-corrected chi connectivity index (χ2v) is 6.09. The van der Waals surface area contributed by atoms with Gasteiger partial charge in [-0.1, -0.05) is 24.6 Å². The Balaban J connectivity index is 1.80. The van der Waals surface area contributed by atoms with Crippen molar-refractivity contribution in [3.05, 3.63) is 34.6 Å². The largest absolute Gasteiger partial charge is 0.316 e. The Labute approximate surface area is 118 Å². The quantitative estimate of drug-likeness (QED) is 0.917. The summed E-state index contributed by atoms with van der Waals surface area (Å²) >= 11 is 6.14. The van der Waals surface area contributed by atoms with Crippen molar-refractivity contribution in [3.63, 3.8) is 0 Å². The fraction of sp³-hybridized carbons (Fsp3) is 0.600. The van der Waals surface area contributed by atoms with E-state index in [-0.39, 0.29) is 5.82 Å². The topological polar surface area (TPSA) is 15.3 Å². The van der Waals surface area contributed by atoms with Gasteiger partial charge in [0.15, 0.2) is 0 Å². The summed E-state index contributed by atoms with van der Waals surface area (Å²) in [5.41, 5.74) is 0.649. The van der Waals surface area contributed by atoms with Crippen molar-refractivity contribution < 1.29 is 4.39 Å². The molecule has 3 unspecified atom stereocenters. The predicted molar refractivity (Wildman–Crippen MR) is 75.7 cm³/mol. The van der Waals surface area contributed by atoms with E-state index in [2.05, 4.69) is 17.1 Å². The van der Waals surface area contributed by atoms with Crippen molar-refractivity contribution in [2.24, 2.45) is 11.8 Å². The molecule has 1 N–H and O–H groups in total. The van der Waals surface area contributed by atoms with Crippen LogP contribution in [0.25, 0.3) is 0 Å². The van der Waals surface area contributed by atoms with Gasteiger partial charge in [0, 0.05) is 29.7 Å². The van der Waals surface area contributed by atoms with Gasteiger partial charge >= 0.3 is 0 Å². The van der Waals surface area contributed by atoms with Crippen LogP contribution in [0.4, 0.5) is 4.39 Å². The van der Waals surface area contributed by atoms with Crippen LogP contribution in [0.15, 0.2) is 18.2 Å². The second-order valence-electron chi connectivity index (χ2n) is 5.69. The maximum Gasteiger partial charge on any atom is 0.129 e. The summed E-state index contributed by atoms with van der Waals surface area (Å²) in [5, 5.41) is 4.02. The van der Waals surface area contributed by atoms with E-state index in [1.807, 2.05) is 0 Å². The van der Waals surface area contributed by atoms with Gasteiger partial charge in [-0.05, 0) is 43.5 Å². The predicted octanol–water partition coefficient (Wildman–Crippen LogP) is 2.91. The lowest BCUT2D eigenvalue weighted by Crippen LogP contribution is -2.34. The molecule has 0 spiro atoms. The van der Waals surface area contributed by atoms with Gasteiger partial charge in [-0.3, -0.25) is 4.90 Å². The third-order valence-corrected chi connectivity index (χ3v) is 5.02. The number of hydrogen-bond donors (Lipinski definition) is 1. The van der Waals surface area contributed by atoms with Crippen molar-refractivity contribution >= 4 is 11.6 Å². The summed E-state index contributed by atoms with van der Waals surface area (Å²) in [6.45, 7) is 6.12. The van der Waals surface area contributed by atoms with Gasteiger partial charge in [0.05, 0.1) is 0 Å². The maximum atomic E-state index is 13.9. The number of halogens is 2. The van der Waals surface area contributed by atoms with Crippen LogP contribution in [0.1, 0.15) is 18.9 Å². The van der Waals surface area contributed by atoms with Crippen LogP contribution in [0, 0.1) is 17.7 Å². The lowest BCUT2D eigenvalue weighted by molar-refractivity contribution is 0.208. The number of nitrogens with zero attached hydrogens (tertiary/aromatic N) is 1. The van der Waals surface area contributed by atoms with Crippen LogP contribution in [0.2, 0.25) is 5.02 Å². The van der Waals surface area contributed by atoms with Crippen molar-refractivity contribution in [2.45, 2.75) is 25.9 Å². The SMILES string of the molecule is CCC1C2CNCC2CN1Cc1c(F)cccc1Cl. The molecule has 0 bridgehead atoms. The van der Waals surface area contributed by atoms with Gasteiger partial charge in [0.25, 0.3) is 0 Å². The minimum Gasteiger partial charge on any atom is -0.316 e. The van der Waals surface area contributed by atoms with Crippen LogP contribution in [-0.4, -0.2) is 30.6 Å². The third kappa shape index (κ3) is 2.39. The Hall–Kier alpha value is -0.640. The molecule has 19 heavy (non-hydrogen) atoms. The fourth-order valence-electron chi connectivity index (χ4n) is 3.74. The zero-order valence-electron chi connectivity index (χ0n) is 11.2. The molecule has 3 rings (SSSR count). The highest BCUT2D eigenvalue weighted by atomic mass is 35.5. The number of rotatable bonds is 3. The zero-order chi connectivity index (χ0) is 13.4. The molecule has 2 heterocycles. The molecule has 0 radical (unpaired) electrons. The van der Waals surface area contributed by atoms with Crippen LogP contribution >= 0.6 is 11.6 Å². The van der Waals surface area contributed by atoms with E-state index in [9.17, 15) is 4.39 Å². The van der Waals surface area contributed by atoms with E-state index in [4.69, 9.17) is 11.6 Å². The molecule has 1 aromatic rings. The molecule has 2 saturated heterocycles. The molecule has 104 valence electrons. The van der Waals surface area contributed by atoms with Crippen molar-refractivity contribution in [2.75, 3.05) is 19.6 Å². The van der Waals surface area contributed by atoms with E-state index in [0.29, 0.717) is 23.2 Å². The van der Waals surface area contributed by atoms with Gasteiger partial charge in [-0.15, -0.1) is 0 Å². The minimum atomic E-state index is -0.183. The minimum absolute atomic E-state index is 0.183. The summed E-state index contributed by atoms with van der Waals surface area (Å²) < 4.78 is 13.9. The Bertz CT molecular complexity index is 445. The first-order valence-electron chi connectivity index (χ1n) is 7.08. The van der Waals surface area contributed by atoms with Gasteiger partial charge in [-0.25, -0.2) is 4.39 Å². The summed E-state index contributed by atoms with van der Waals surface area (Å²) in [6, 6.07) is 5.50. The molecule has 4 heteroatoms. The van der Waals surface area contributed by atoms with E-state index in [1.165, 1.54) is 6.07 Å². The normalized spacial score (nSPS) is 30.8. The molecule has 0 saturated carbocycles.